The molecular formula is C17H30N4O3. The van der Waals surface area contributed by atoms with Crippen molar-refractivity contribution in [2.75, 3.05) is 40.3 Å². The van der Waals surface area contributed by atoms with E-state index in [4.69, 9.17) is 9.26 Å². The zero-order valence-electron chi connectivity index (χ0n) is 15.3. The van der Waals surface area contributed by atoms with Gasteiger partial charge in [-0.3, -0.25) is 4.79 Å². The number of piperidine rings is 1. The maximum Gasteiger partial charge on any atom is 0.236 e. The van der Waals surface area contributed by atoms with E-state index < -0.39 is 0 Å². The van der Waals surface area contributed by atoms with Crippen LogP contribution in [0.15, 0.2) is 4.52 Å². The Morgan fingerprint density at radius 1 is 1.46 bits per heavy atom. The van der Waals surface area contributed by atoms with Crippen LogP contribution < -0.4 is 0 Å². The molecule has 0 N–H and O–H groups in total. The molecule has 7 nitrogen and oxygen atoms in total. The van der Waals surface area contributed by atoms with Crippen molar-refractivity contribution < 1.29 is 14.1 Å². The Kier molecular flexibility index (Phi) is 7.17. The van der Waals surface area contributed by atoms with Gasteiger partial charge in [0.2, 0.25) is 11.8 Å². The number of carbonyl (C=O) groups excluding carboxylic acids is 1. The van der Waals surface area contributed by atoms with Crippen LogP contribution in [0.25, 0.3) is 0 Å². The molecule has 1 amide bonds. The van der Waals surface area contributed by atoms with Gasteiger partial charge in [-0.2, -0.15) is 4.98 Å². The van der Waals surface area contributed by atoms with Crippen molar-refractivity contribution in [1.82, 2.24) is 19.9 Å². The van der Waals surface area contributed by atoms with Crippen molar-refractivity contribution in [2.45, 2.75) is 45.6 Å². The summed E-state index contributed by atoms with van der Waals surface area (Å²) in [5, 5.41) is 3.99. The smallest absolute Gasteiger partial charge is 0.236 e. The molecule has 1 saturated heterocycles. The number of rotatable bonds is 8. The van der Waals surface area contributed by atoms with Gasteiger partial charge in [0, 0.05) is 25.9 Å². The second kappa shape index (κ2) is 9.13. The first-order valence-corrected chi connectivity index (χ1v) is 8.79. The minimum Gasteiger partial charge on any atom is -0.376 e. The van der Waals surface area contributed by atoms with Crippen molar-refractivity contribution >= 4 is 5.91 Å². The van der Waals surface area contributed by atoms with E-state index in [1.165, 1.54) is 0 Å². The third kappa shape index (κ3) is 6.20. The second-order valence-electron chi connectivity index (χ2n) is 7.16. The summed E-state index contributed by atoms with van der Waals surface area (Å²) in [7, 11) is 3.82. The minimum absolute atomic E-state index is 0.104. The normalized spacial score (nSPS) is 18.6. The molecule has 0 spiro atoms. The lowest BCUT2D eigenvalue weighted by molar-refractivity contribution is -0.135. The van der Waals surface area contributed by atoms with Gasteiger partial charge in [0.1, 0.15) is 0 Å². The van der Waals surface area contributed by atoms with Crippen molar-refractivity contribution in [3.8, 4) is 0 Å². The van der Waals surface area contributed by atoms with Crippen LogP contribution in [-0.2, 0) is 22.4 Å². The number of amides is 1. The zero-order chi connectivity index (χ0) is 17.5. The van der Waals surface area contributed by atoms with Crippen molar-refractivity contribution in [3.63, 3.8) is 0 Å². The quantitative estimate of drug-likeness (QED) is 0.713. The molecular weight excluding hydrogens is 308 g/mol. The molecule has 1 aliphatic heterocycles. The summed E-state index contributed by atoms with van der Waals surface area (Å²) >= 11 is 0. The van der Waals surface area contributed by atoms with E-state index in [0.29, 0.717) is 43.8 Å². The minimum atomic E-state index is 0.104. The second-order valence-corrected chi connectivity index (χ2v) is 7.16. The molecule has 1 atom stereocenters. The average Bonchev–Trinajstić information content (AvgIpc) is 2.93. The molecule has 1 aliphatic rings. The Hall–Kier alpha value is -1.47. The fourth-order valence-electron chi connectivity index (χ4n) is 2.81. The Bertz CT molecular complexity index is 516. The molecule has 0 radical (unpaired) electrons. The number of nitrogens with zero attached hydrogens (tertiary/aromatic N) is 4. The summed E-state index contributed by atoms with van der Waals surface area (Å²) in [5.41, 5.74) is 0. The van der Waals surface area contributed by atoms with Crippen molar-refractivity contribution in [2.24, 2.45) is 5.92 Å². The van der Waals surface area contributed by atoms with Crippen LogP contribution in [0.4, 0.5) is 0 Å². The first-order chi connectivity index (χ1) is 11.4. The fraction of sp³-hybridized carbons (Fsp3) is 0.824. The zero-order valence-corrected chi connectivity index (χ0v) is 15.3. The first kappa shape index (κ1) is 18.9. The highest BCUT2D eigenvalue weighted by atomic mass is 16.5. The summed E-state index contributed by atoms with van der Waals surface area (Å²) < 4.78 is 11.2. The van der Waals surface area contributed by atoms with Gasteiger partial charge < -0.3 is 19.1 Å². The SMILES string of the molecule is CC(C)Cc1nc(CCOC2CCCN(C(=O)CN(C)C)C2)no1. The van der Waals surface area contributed by atoms with E-state index in [1.807, 2.05) is 23.9 Å². The molecule has 2 rings (SSSR count). The van der Waals surface area contributed by atoms with Gasteiger partial charge in [-0.15, -0.1) is 0 Å². The molecule has 24 heavy (non-hydrogen) atoms. The monoisotopic (exact) mass is 338 g/mol. The van der Waals surface area contributed by atoms with Crippen LogP contribution in [0, 0.1) is 5.92 Å². The van der Waals surface area contributed by atoms with Crippen LogP contribution in [0.2, 0.25) is 0 Å². The van der Waals surface area contributed by atoms with Gasteiger partial charge in [-0.1, -0.05) is 19.0 Å². The Morgan fingerprint density at radius 3 is 2.96 bits per heavy atom. The van der Waals surface area contributed by atoms with Gasteiger partial charge >= 0.3 is 0 Å². The molecule has 0 bridgehead atoms. The molecule has 1 fully saturated rings. The van der Waals surface area contributed by atoms with E-state index in [0.717, 1.165) is 25.8 Å². The molecule has 0 saturated carbocycles. The van der Waals surface area contributed by atoms with Crippen LogP contribution in [0.5, 0.6) is 0 Å². The van der Waals surface area contributed by atoms with Crippen LogP contribution in [0.3, 0.4) is 0 Å². The van der Waals surface area contributed by atoms with Crippen LogP contribution in [-0.4, -0.2) is 72.3 Å². The Balaban J connectivity index is 1.72. The standard InChI is InChI=1S/C17H30N4O3/c1-13(2)10-16-18-15(19-24-16)7-9-23-14-6-5-8-21(11-14)17(22)12-20(3)4/h13-14H,5-12H2,1-4H3. The third-order valence-corrected chi connectivity index (χ3v) is 3.95. The molecule has 7 heteroatoms. The molecule has 0 aromatic carbocycles. The van der Waals surface area contributed by atoms with Gasteiger partial charge in [-0.05, 0) is 32.9 Å². The van der Waals surface area contributed by atoms with E-state index in [2.05, 4.69) is 24.0 Å². The highest BCUT2D eigenvalue weighted by Crippen LogP contribution is 2.14. The summed E-state index contributed by atoms with van der Waals surface area (Å²) in [5.74, 6) is 2.06. The van der Waals surface area contributed by atoms with Gasteiger partial charge in [0.25, 0.3) is 0 Å². The number of likely N-dealkylation sites (tertiary alicyclic amines) is 1. The topological polar surface area (TPSA) is 71.7 Å². The Labute approximate surface area is 144 Å². The third-order valence-electron chi connectivity index (χ3n) is 3.95. The predicted molar refractivity (Wildman–Crippen MR) is 90.7 cm³/mol. The maximum atomic E-state index is 12.1. The highest BCUT2D eigenvalue weighted by molar-refractivity contribution is 5.78. The lowest BCUT2D eigenvalue weighted by atomic mass is 10.1. The molecule has 1 unspecified atom stereocenters. The summed E-state index contributed by atoms with van der Waals surface area (Å²) in [4.78, 5) is 20.3. The number of aromatic nitrogens is 2. The van der Waals surface area contributed by atoms with E-state index >= 15 is 0 Å². The lowest BCUT2D eigenvalue weighted by Gasteiger charge is -2.33. The van der Waals surface area contributed by atoms with E-state index in [-0.39, 0.29) is 12.0 Å². The Morgan fingerprint density at radius 2 is 2.25 bits per heavy atom. The van der Waals surface area contributed by atoms with Gasteiger partial charge in [0.15, 0.2) is 5.82 Å². The number of carbonyl (C=O) groups is 1. The van der Waals surface area contributed by atoms with E-state index in [9.17, 15) is 4.79 Å². The van der Waals surface area contributed by atoms with Crippen LogP contribution in [0.1, 0.15) is 38.4 Å². The van der Waals surface area contributed by atoms with Crippen LogP contribution >= 0.6 is 0 Å². The molecule has 1 aromatic heterocycles. The first-order valence-electron chi connectivity index (χ1n) is 8.79. The van der Waals surface area contributed by atoms with Gasteiger partial charge in [-0.25, -0.2) is 0 Å². The molecule has 1 aromatic rings. The largest absolute Gasteiger partial charge is 0.376 e. The summed E-state index contributed by atoms with van der Waals surface area (Å²) in [6.45, 7) is 6.77. The number of hydrogen-bond donors (Lipinski definition) is 0. The highest BCUT2D eigenvalue weighted by Gasteiger charge is 2.24. The van der Waals surface area contributed by atoms with Gasteiger partial charge in [0.05, 0.1) is 19.3 Å². The summed E-state index contributed by atoms with van der Waals surface area (Å²) in [6, 6.07) is 0. The number of likely N-dealkylation sites (N-methyl/N-ethyl adjacent to an activating group) is 1. The van der Waals surface area contributed by atoms with Crippen molar-refractivity contribution in [3.05, 3.63) is 11.7 Å². The molecule has 2 heterocycles. The van der Waals surface area contributed by atoms with E-state index in [1.54, 1.807) is 0 Å². The predicted octanol–water partition coefficient (Wildman–Crippen LogP) is 1.38. The lowest BCUT2D eigenvalue weighted by Crippen LogP contribution is -2.46. The number of ether oxygens (including phenoxy) is 1. The average molecular weight is 338 g/mol. The summed E-state index contributed by atoms with van der Waals surface area (Å²) in [6.07, 6.45) is 3.54. The number of hydrogen-bond acceptors (Lipinski definition) is 6. The fourth-order valence-corrected chi connectivity index (χ4v) is 2.81. The van der Waals surface area contributed by atoms with Crippen molar-refractivity contribution in [1.29, 1.82) is 0 Å². The maximum absolute atomic E-state index is 12.1. The molecule has 136 valence electrons. The molecule has 0 aliphatic carbocycles.